The predicted octanol–water partition coefficient (Wildman–Crippen LogP) is 6.03. The van der Waals surface area contributed by atoms with Crippen LogP contribution in [-0.4, -0.2) is 0 Å². The Morgan fingerprint density at radius 3 is 1.67 bits per heavy atom. The summed E-state index contributed by atoms with van der Waals surface area (Å²) in [6, 6.07) is 18.5. The van der Waals surface area contributed by atoms with Gasteiger partial charge < -0.3 is 0 Å². The molecule has 0 atom stereocenters. The van der Waals surface area contributed by atoms with E-state index in [0.29, 0.717) is 24.0 Å². The first-order valence-corrected chi connectivity index (χ1v) is 8.13. The van der Waals surface area contributed by atoms with Crippen molar-refractivity contribution in [1.29, 1.82) is 0 Å². The zero-order chi connectivity index (χ0) is 17.1. The molecule has 24 heavy (non-hydrogen) atoms. The van der Waals surface area contributed by atoms with Gasteiger partial charge in [-0.3, -0.25) is 0 Å². The molecular weight excluding hydrogens is 302 g/mol. The third-order valence-corrected chi connectivity index (χ3v) is 4.31. The lowest BCUT2D eigenvalue weighted by atomic mass is 9.98. The van der Waals surface area contributed by atoms with Gasteiger partial charge in [0.25, 0.3) is 0 Å². The summed E-state index contributed by atoms with van der Waals surface area (Å²) in [6.45, 7) is 3.88. The van der Waals surface area contributed by atoms with Gasteiger partial charge in [-0.2, -0.15) is 0 Å². The maximum atomic E-state index is 14.4. The Kier molecular flexibility index (Phi) is 4.75. The quantitative estimate of drug-likeness (QED) is 0.550. The predicted molar refractivity (Wildman–Crippen MR) is 95.1 cm³/mol. The fourth-order valence-corrected chi connectivity index (χ4v) is 2.80. The largest absolute Gasteiger partial charge is 0.207 e. The van der Waals surface area contributed by atoms with Crippen LogP contribution in [-0.2, 0) is 12.8 Å². The minimum Gasteiger partial charge on any atom is -0.207 e. The molecule has 0 aliphatic carbocycles. The summed E-state index contributed by atoms with van der Waals surface area (Å²) in [5, 5.41) is 0. The van der Waals surface area contributed by atoms with E-state index in [0.717, 1.165) is 16.7 Å². The molecule has 0 saturated heterocycles. The first kappa shape index (κ1) is 16.4. The Morgan fingerprint density at radius 2 is 1.08 bits per heavy atom. The molecule has 0 spiro atoms. The average molecular weight is 322 g/mol. The second kappa shape index (κ2) is 6.96. The Bertz CT molecular complexity index is 848. The van der Waals surface area contributed by atoms with Crippen LogP contribution < -0.4 is 0 Å². The second-order valence-corrected chi connectivity index (χ2v) is 6.27. The van der Waals surface area contributed by atoms with Crippen LogP contribution in [0.4, 0.5) is 8.78 Å². The highest BCUT2D eigenvalue weighted by atomic mass is 19.1. The lowest BCUT2D eigenvalue weighted by molar-refractivity contribution is 0.595. The number of aryl methyl sites for hydroxylation is 4. The fourth-order valence-electron chi connectivity index (χ4n) is 2.80. The third kappa shape index (κ3) is 3.70. The Labute approximate surface area is 141 Å². The monoisotopic (exact) mass is 322 g/mol. The van der Waals surface area contributed by atoms with Gasteiger partial charge in [0.15, 0.2) is 0 Å². The zero-order valence-electron chi connectivity index (χ0n) is 13.9. The second-order valence-electron chi connectivity index (χ2n) is 6.27. The van der Waals surface area contributed by atoms with Crippen LogP contribution in [0.25, 0.3) is 11.1 Å². The minimum atomic E-state index is -0.236. The summed E-state index contributed by atoms with van der Waals surface area (Å²) >= 11 is 0. The van der Waals surface area contributed by atoms with Crippen molar-refractivity contribution in [1.82, 2.24) is 0 Å². The maximum Gasteiger partial charge on any atom is 0.127 e. The average Bonchev–Trinajstić information content (AvgIpc) is 2.56. The lowest BCUT2D eigenvalue weighted by Gasteiger charge is -2.08. The molecule has 0 radical (unpaired) electrons. The summed E-state index contributed by atoms with van der Waals surface area (Å²) in [4.78, 5) is 0. The molecule has 0 amide bonds. The van der Waals surface area contributed by atoms with Gasteiger partial charge in [0.2, 0.25) is 0 Å². The highest BCUT2D eigenvalue weighted by molar-refractivity contribution is 5.64. The van der Waals surface area contributed by atoms with E-state index >= 15 is 0 Å². The van der Waals surface area contributed by atoms with Gasteiger partial charge in [0, 0.05) is 0 Å². The lowest BCUT2D eigenvalue weighted by Crippen LogP contribution is -1.98. The third-order valence-electron chi connectivity index (χ3n) is 4.31. The first-order chi connectivity index (χ1) is 11.5. The van der Waals surface area contributed by atoms with Crippen LogP contribution in [0.1, 0.15) is 22.3 Å². The molecule has 2 heteroatoms. The number of rotatable bonds is 4. The molecule has 3 aromatic rings. The van der Waals surface area contributed by atoms with Gasteiger partial charge in [-0.05, 0) is 66.6 Å². The Morgan fingerprint density at radius 1 is 0.583 bits per heavy atom. The van der Waals surface area contributed by atoms with E-state index in [1.165, 1.54) is 11.6 Å². The van der Waals surface area contributed by atoms with Gasteiger partial charge in [-0.15, -0.1) is 0 Å². The van der Waals surface area contributed by atoms with E-state index < -0.39 is 0 Å². The minimum absolute atomic E-state index is 0.216. The SMILES string of the molecule is Cc1ccc(-c2ccc(CCc3ccc(C)cc3F)c(F)c2)cc1. The highest BCUT2D eigenvalue weighted by Crippen LogP contribution is 2.23. The van der Waals surface area contributed by atoms with Gasteiger partial charge in [0.05, 0.1) is 0 Å². The van der Waals surface area contributed by atoms with Crippen molar-refractivity contribution in [3.63, 3.8) is 0 Å². The standard InChI is InChI=1S/C22H20F2/c1-15-3-6-17(7-4-15)20-12-11-19(22(24)14-20)10-9-18-8-5-16(2)13-21(18)23/h3-8,11-14H,9-10H2,1-2H3. The summed E-state index contributed by atoms with van der Waals surface area (Å²) in [5.74, 6) is -0.452. The van der Waals surface area contributed by atoms with E-state index in [1.54, 1.807) is 18.2 Å². The molecule has 0 fully saturated rings. The molecule has 0 unspecified atom stereocenters. The normalized spacial score (nSPS) is 10.8. The molecule has 0 bridgehead atoms. The summed E-state index contributed by atoms with van der Waals surface area (Å²) in [6.07, 6.45) is 0.979. The van der Waals surface area contributed by atoms with Crippen LogP contribution in [0, 0.1) is 25.5 Å². The number of hydrogen-bond donors (Lipinski definition) is 0. The van der Waals surface area contributed by atoms with E-state index in [9.17, 15) is 8.78 Å². The van der Waals surface area contributed by atoms with Gasteiger partial charge in [0.1, 0.15) is 11.6 Å². The Balaban J connectivity index is 1.76. The zero-order valence-corrected chi connectivity index (χ0v) is 13.9. The van der Waals surface area contributed by atoms with Crippen molar-refractivity contribution in [2.75, 3.05) is 0 Å². The fraction of sp³-hybridized carbons (Fsp3) is 0.182. The Hall–Kier alpha value is -2.48. The van der Waals surface area contributed by atoms with E-state index in [4.69, 9.17) is 0 Å². The summed E-state index contributed by atoms with van der Waals surface area (Å²) in [7, 11) is 0. The van der Waals surface area contributed by atoms with Gasteiger partial charge in [-0.1, -0.05) is 54.1 Å². The number of halogens is 2. The molecule has 0 aliphatic heterocycles. The van der Waals surface area contributed by atoms with E-state index in [1.807, 2.05) is 50.2 Å². The van der Waals surface area contributed by atoms with Crippen LogP contribution in [0.15, 0.2) is 60.7 Å². The molecule has 3 rings (SSSR count). The molecule has 0 saturated carbocycles. The first-order valence-electron chi connectivity index (χ1n) is 8.13. The molecule has 0 nitrogen and oxygen atoms in total. The van der Waals surface area contributed by atoms with E-state index in [2.05, 4.69) is 0 Å². The molecular formula is C22H20F2. The van der Waals surface area contributed by atoms with Crippen LogP contribution in [0.5, 0.6) is 0 Å². The van der Waals surface area contributed by atoms with Crippen molar-refractivity contribution < 1.29 is 8.78 Å². The molecule has 0 aliphatic rings. The van der Waals surface area contributed by atoms with E-state index in [-0.39, 0.29) is 11.6 Å². The van der Waals surface area contributed by atoms with Crippen molar-refractivity contribution in [2.24, 2.45) is 0 Å². The van der Waals surface area contributed by atoms with Crippen LogP contribution in [0.3, 0.4) is 0 Å². The smallest absolute Gasteiger partial charge is 0.127 e. The van der Waals surface area contributed by atoms with Crippen LogP contribution >= 0.6 is 0 Å². The summed E-state index contributed by atoms with van der Waals surface area (Å²) < 4.78 is 28.3. The molecule has 3 aromatic carbocycles. The van der Waals surface area contributed by atoms with Crippen molar-refractivity contribution in [3.05, 3.63) is 94.6 Å². The van der Waals surface area contributed by atoms with Crippen molar-refractivity contribution in [2.45, 2.75) is 26.7 Å². The van der Waals surface area contributed by atoms with Gasteiger partial charge in [-0.25, -0.2) is 8.78 Å². The molecule has 0 heterocycles. The van der Waals surface area contributed by atoms with Gasteiger partial charge >= 0.3 is 0 Å². The number of benzene rings is 3. The number of hydrogen-bond acceptors (Lipinski definition) is 0. The molecule has 0 N–H and O–H groups in total. The summed E-state index contributed by atoms with van der Waals surface area (Å²) in [5.41, 5.74) is 5.17. The molecule has 0 aromatic heterocycles. The van der Waals surface area contributed by atoms with Crippen molar-refractivity contribution in [3.8, 4) is 11.1 Å². The molecule has 122 valence electrons. The van der Waals surface area contributed by atoms with Crippen LogP contribution in [0.2, 0.25) is 0 Å². The van der Waals surface area contributed by atoms with Crippen molar-refractivity contribution >= 4 is 0 Å². The maximum absolute atomic E-state index is 14.4. The highest BCUT2D eigenvalue weighted by Gasteiger charge is 2.08. The topological polar surface area (TPSA) is 0 Å².